The van der Waals surface area contributed by atoms with E-state index < -0.39 is 21.8 Å². The molecule has 0 unspecified atom stereocenters. The van der Waals surface area contributed by atoms with Gasteiger partial charge < -0.3 is 5.11 Å². The zero-order valence-corrected chi connectivity index (χ0v) is 11.0. The topological polar surface area (TPSA) is 83.5 Å². The van der Waals surface area contributed by atoms with Gasteiger partial charge in [0.2, 0.25) is 0 Å². The first kappa shape index (κ1) is 13.5. The number of hydrogen-bond acceptors (Lipinski definition) is 4. The van der Waals surface area contributed by atoms with Crippen molar-refractivity contribution in [3.8, 4) is 0 Å². The Hall–Kier alpha value is -1.93. The number of hydrogen-bond donors (Lipinski definition) is 2. The molecule has 100 valence electrons. The maximum atomic E-state index is 13.4. The molecule has 0 aliphatic rings. The van der Waals surface area contributed by atoms with Gasteiger partial charge in [-0.2, -0.15) is 0 Å². The molecule has 0 atom stereocenters. The number of carboxylic acids is 1. The monoisotopic (exact) mass is 301 g/mol. The lowest BCUT2D eigenvalue weighted by molar-refractivity contribution is 0.0702. The number of sulfonamides is 1. The standard InChI is InChI=1S/C11H8FNO4S2/c12-7-3-1-2-4-8(7)13-19(16,17)10-6-5-9(18-10)11(14)15/h1-6,13H,(H,14,15). The summed E-state index contributed by atoms with van der Waals surface area (Å²) < 4.78 is 39.1. The van der Waals surface area contributed by atoms with Gasteiger partial charge in [-0.05, 0) is 24.3 Å². The van der Waals surface area contributed by atoms with Crippen molar-refractivity contribution in [3.05, 3.63) is 47.1 Å². The molecule has 0 amide bonds. The Morgan fingerprint density at radius 1 is 1.21 bits per heavy atom. The quantitative estimate of drug-likeness (QED) is 0.908. The van der Waals surface area contributed by atoms with E-state index >= 15 is 0 Å². The highest BCUT2D eigenvalue weighted by Crippen LogP contribution is 2.25. The molecule has 8 heteroatoms. The predicted octanol–water partition coefficient (Wildman–Crippen LogP) is 2.39. The van der Waals surface area contributed by atoms with E-state index in [4.69, 9.17) is 5.11 Å². The van der Waals surface area contributed by atoms with Gasteiger partial charge in [0.25, 0.3) is 10.0 Å². The van der Waals surface area contributed by atoms with Crippen LogP contribution in [0.1, 0.15) is 9.67 Å². The number of nitrogens with one attached hydrogen (secondary N) is 1. The molecule has 0 radical (unpaired) electrons. The zero-order valence-electron chi connectivity index (χ0n) is 9.33. The molecule has 0 saturated heterocycles. The first-order valence-corrected chi connectivity index (χ1v) is 7.30. The van der Waals surface area contributed by atoms with Gasteiger partial charge in [-0.25, -0.2) is 17.6 Å². The second-order valence-corrected chi connectivity index (χ2v) is 6.50. The van der Waals surface area contributed by atoms with Crippen molar-refractivity contribution in [1.82, 2.24) is 0 Å². The van der Waals surface area contributed by atoms with Gasteiger partial charge >= 0.3 is 5.97 Å². The Balaban J connectivity index is 2.32. The molecule has 0 fully saturated rings. The van der Waals surface area contributed by atoms with Crippen molar-refractivity contribution in [1.29, 1.82) is 0 Å². The van der Waals surface area contributed by atoms with E-state index in [9.17, 15) is 17.6 Å². The highest BCUT2D eigenvalue weighted by molar-refractivity contribution is 7.94. The molecule has 0 saturated carbocycles. The molecule has 0 spiro atoms. The fourth-order valence-electron chi connectivity index (χ4n) is 1.32. The van der Waals surface area contributed by atoms with Crippen molar-refractivity contribution in [2.75, 3.05) is 4.72 Å². The number of para-hydroxylation sites is 1. The highest BCUT2D eigenvalue weighted by atomic mass is 32.2. The smallest absolute Gasteiger partial charge is 0.345 e. The van der Waals surface area contributed by atoms with Crippen molar-refractivity contribution in [2.45, 2.75) is 4.21 Å². The lowest BCUT2D eigenvalue weighted by Crippen LogP contribution is -2.12. The third kappa shape index (κ3) is 2.91. The lowest BCUT2D eigenvalue weighted by atomic mass is 10.3. The van der Waals surface area contributed by atoms with Gasteiger partial charge in [0.1, 0.15) is 14.9 Å². The number of anilines is 1. The molecule has 1 aromatic heterocycles. The van der Waals surface area contributed by atoms with Gasteiger partial charge in [-0.1, -0.05) is 12.1 Å². The van der Waals surface area contributed by atoms with E-state index in [0.29, 0.717) is 11.3 Å². The predicted molar refractivity (Wildman–Crippen MR) is 68.5 cm³/mol. The van der Waals surface area contributed by atoms with Crippen LogP contribution < -0.4 is 4.72 Å². The van der Waals surface area contributed by atoms with Gasteiger partial charge in [-0.3, -0.25) is 4.72 Å². The van der Waals surface area contributed by atoms with Gasteiger partial charge in [-0.15, -0.1) is 11.3 Å². The molecule has 2 N–H and O–H groups in total. The Labute approximate surface area is 112 Å². The maximum Gasteiger partial charge on any atom is 0.345 e. The van der Waals surface area contributed by atoms with Gasteiger partial charge in [0.05, 0.1) is 5.69 Å². The number of thiophene rings is 1. The summed E-state index contributed by atoms with van der Waals surface area (Å²) >= 11 is 0.601. The Bertz CT molecular complexity index is 724. The molecule has 0 bridgehead atoms. The van der Waals surface area contributed by atoms with Crippen molar-refractivity contribution < 1.29 is 22.7 Å². The Morgan fingerprint density at radius 3 is 2.47 bits per heavy atom. The lowest BCUT2D eigenvalue weighted by Gasteiger charge is -2.06. The summed E-state index contributed by atoms with van der Waals surface area (Å²) in [6.45, 7) is 0. The number of halogens is 1. The minimum atomic E-state index is -3.98. The van der Waals surface area contributed by atoms with Crippen LogP contribution in [0.15, 0.2) is 40.6 Å². The number of benzene rings is 1. The highest BCUT2D eigenvalue weighted by Gasteiger charge is 2.20. The van der Waals surface area contributed by atoms with Crippen molar-refractivity contribution >= 4 is 33.0 Å². The van der Waals surface area contributed by atoms with Crippen LogP contribution in [0.4, 0.5) is 10.1 Å². The minimum absolute atomic E-state index is 0.103. The molecule has 5 nitrogen and oxygen atoms in total. The van der Waals surface area contributed by atoms with Crippen LogP contribution in [0.2, 0.25) is 0 Å². The molecule has 1 aromatic carbocycles. The summed E-state index contributed by atoms with van der Waals surface area (Å²) in [5, 5.41) is 8.73. The molecule has 19 heavy (non-hydrogen) atoms. The second-order valence-electron chi connectivity index (χ2n) is 3.51. The molecular formula is C11H8FNO4S2. The van der Waals surface area contributed by atoms with Crippen LogP contribution in [0.25, 0.3) is 0 Å². The van der Waals surface area contributed by atoms with E-state index in [2.05, 4.69) is 4.72 Å². The van der Waals surface area contributed by atoms with E-state index in [1.54, 1.807) is 0 Å². The molecule has 1 heterocycles. The number of aromatic carboxylic acids is 1. The SMILES string of the molecule is O=C(O)c1ccc(S(=O)(=O)Nc2ccccc2F)s1. The summed E-state index contributed by atoms with van der Waals surface area (Å²) in [5.74, 6) is -1.92. The van der Waals surface area contributed by atoms with Gasteiger partial charge in [0, 0.05) is 0 Å². The summed E-state index contributed by atoms with van der Waals surface area (Å²) in [5.41, 5.74) is -0.187. The van der Waals surface area contributed by atoms with Crippen LogP contribution in [-0.4, -0.2) is 19.5 Å². The molecule has 0 aliphatic heterocycles. The van der Waals surface area contributed by atoms with Crippen molar-refractivity contribution in [3.63, 3.8) is 0 Å². The Morgan fingerprint density at radius 2 is 1.89 bits per heavy atom. The fraction of sp³-hybridized carbons (Fsp3) is 0. The van der Waals surface area contributed by atoms with Crippen LogP contribution in [0.5, 0.6) is 0 Å². The third-order valence-electron chi connectivity index (χ3n) is 2.18. The first-order chi connectivity index (χ1) is 8.90. The first-order valence-electron chi connectivity index (χ1n) is 5.00. The summed E-state index contributed by atoms with van der Waals surface area (Å²) in [4.78, 5) is 10.6. The number of carboxylic acid groups (broad SMARTS) is 1. The second kappa shape index (κ2) is 4.98. The van der Waals surface area contributed by atoms with E-state index in [1.807, 2.05) is 0 Å². The van der Waals surface area contributed by atoms with E-state index in [0.717, 1.165) is 12.1 Å². The average molecular weight is 301 g/mol. The Kier molecular flexibility index (Phi) is 3.54. The summed E-state index contributed by atoms with van der Waals surface area (Å²) in [6.07, 6.45) is 0. The summed E-state index contributed by atoms with van der Waals surface area (Å²) in [6, 6.07) is 7.66. The van der Waals surface area contributed by atoms with Crippen LogP contribution in [0.3, 0.4) is 0 Å². The van der Waals surface area contributed by atoms with Crippen molar-refractivity contribution in [2.24, 2.45) is 0 Å². The molecule has 2 rings (SSSR count). The normalized spacial score (nSPS) is 11.2. The minimum Gasteiger partial charge on any atom is -0.477 e. The fourth-order valence-corrected chi connectivity index (χ4v) is 3.53. The van der Waals surface area contributed by atoms with E-state index in [-0.39, 0.29) is 14.8 Å². The number of rotatable bonds is 4. The summed E-state index contributed by atoms with van der Waals surface area (Å²) in [7, 11) is -3.98. The molecular weight excluding hydrogens is 293 g/mol. The molecule has 2 aromatic rings. The maximum absolute atomic E-state index is 13.4. The van der Waals surface area contributed by atoms with Crippen LogP contribution in [0, 0.1) is 5.82 Å². The van der Waals surface area contributed by atoms with Crippen LogP contribution >= 0.6 is 11.3 Å². The van der Waals surface area contributed by atoms with E-state index in [1.165, 1.54) is 24.3 Å². The van der Waals surface area contributed by atoms with Crippen LogP contribution in [-0.2, 0) is 10.0 Å². The third-order valence-corrected chi connectivity index (χ3v) is 5.11. The largest absolute Gasteiger partial charge is 0.477 e. The molecule has 0 aliphatic carbocycles. The zero-order chi connectivity index (χ0) is 14.0. The average Bonchev–Trinajstić information content (AvgIpc) is 2.82. The number of carbonyl (C=O) groups is 1. The van der Waals surface area contributed by atoms with Gasteiger partial charge in [0.15, 0.2) is 0 Å².